The van der Waals surface area contributed by atoms with E-state index in [1.165, 1.54) is 16.4 Å². The lowest BCUT2D eigenvalue weighted by atomic mass is 9.97. The first-order valence-corrected chi connectivity index (χ1v) is 9.09. The molecule has 0 amide bonds. The molecule has 1 unspecified atom stereocenters. The summed E-state index contributed by atoms with van der Waals surface area (Å²) >= 11 is 1.56. The lowest BCUT2D eigenvalue weighted by Gasteiger charge is -2.16. The van der Waals surface area contributed by atoms with Crippen LogP contribution in [-0.2, 0) is 17.6 Å². The lowest BCUT2D eigenvalue weighted by Crippen LogP contribution is -2.30. The molecule has 1 N–H and O–H groups in total. The van der Waals surface area contributed by atoms with Crippen LogP contribution in [0, 0.1) is 0 Å². The first-order valence-electron chi connectivity index (χ1n) is 8.28. The lowest BCUT2D eigenvalue weighted by molar-refractivity contribution is -0.140. The third kappa shape index (κ3) is 2.55. The van der Waals surface area contributed by atoms with Gasteiger partial charge in [0, 0.05) is 22.8 Å². The number of thiophene rings is 1. The molecule has 3 aromatic heterocycles. The standard InChI is InChI=1S/C18H17N3O3S/c1-10(18(23)24)21-15(11-5-4-8-19-9-11)20-16-14(17(21)22)12-6-2-3-7-13(12)25-16/h4-5,8-10H,2-3,6-7H2,1H3,(H,23,24). The Labute approximate surface area is 147 Å². The van der Waals surface area contributed by atoms with E-state index in [1.54, 1.807) is 35.9 Å². The number of hydrogen-bond acceptors (Lipinski definition) is 5. The van der Waals surface area contributed by atoms with Crippen LogP contribution in [0.2, 0.25) is 0 Å². The zero-order valence-corrected chi connectivity index (χ0v) is 14.5. The van der Waals surface area contributed by atoms with Crippen LogP contribution in [0.3, 0.4) is 0 Å². The highest BCUT2D eigenvalue weighted by atomic mass is 32.1. The molecule has 0 bridgehead atoms. The Hall–Kier alpha value is -2.54. The summed E-state index contributed by atoms with van der Waals surface area (Å²) in [4.78, 5) is 35.5. The molecule has 0 aromatic carbocycles. The number of rotatable bonds is 3. The van der Waals surface area contributed by atoms with Gasteiger partial charge in [-0.05, 0) is 50.3 Å². The Balaban J connectivity index is 2.08. The van der Waals surface area contributed by atoms with E-state index in [-0.39, 0.29) is 5.56 Å². The van der Waals surface area contributed by atoms with Crippen LogP contribution in [0.5, 0.6) is 0 Å². The SMILES string of the molecule is CC(C(=O)O)n1c(-c2cccnc2)nc2sc3c(c2c1=O)CCCC3. The van der Waals surface area contributed by atoms with E-state index >= 15 is 0 Å². The van der Waals surface area contributed by atoms with Crippen molar-refractivity contribution in [2.24, 2.45) is 0 Å². The van der Waals surface area contributed by atoms with Crippen molar-refractivity contribution >= 4 is 27.5 Å². The average molecular weight is 355 g/mol. The summed E-state index contributed by atoms with van der Waals surface area (Å²) in [5.74, 6) is -0.698. The highest BCUT2D eigenvalue weighted by Gasteiger charge is 2.26. The fraction of sp³-hybridized carbons (Fsp3) is 0.333. The Morgan fingerprint density at radius 1 is 1.36 bits per heavy atom. The summed E-state index contributed by atoms with van der Waals surface area (Å²) in [6, 6.07) is 2.54. The molecule has 0 saturated carbocycles. The van der Waals surface area contributed by atoms with Gasteiger partial charge in [-0.1, -0.05) is 0 Å². The van der Waals surface area contributed by atoms with Crippen LogP contribution in [0.1, 0.15) is 36.2 Å². The number of aryl methyl sites for hydroxylation is 2. The van der Waals surface area contributed by atoms with Crippen LogP contribution in [0.4, 0.5) is 0 Å². The molecule has 3 aromatic rings. The maximum absolute atomic E-state index is 13.2. The molecule has 0 saturated heterocycles. The van der Waals surface area contributed by atoms with Crippen LogP contribution in [0.25, 0.3) is 21.6 Å². The predicted molar refractivity (Wildman–Crippen MR) is 96.1 cm³/mol. The molecule has 0 aliphatic heterocycles. The summed E-state index contributed by atoms with van der Waals surface area (Å²) in [7, 11) is 0. The van der Waals surface area contributed by atoms with E-state index in [0.29, 0.717) is 21.6 Å². The second-order valence-corrected chi connectivity index (χ2v) is 7.34. The molecule has 0 fully saturated rings. The summed E-state index contributed by atoms with van der Waals surface area (Å²) in [5, 5.41) is 10.1. The fourth-order valence-corrected chi connectivity index (χ4v) is 4.64. The van der Waals surface area contributed by atoms with Crippen molar-refractivity contribution in [1.29, 1.82) is 0 Å². The molecule has 25 heavy (non-hydrogen) atoms. The van der Waals surface area contributed by atoms with Gasteiger partial charge >= 0.3 is 5.97 Å². The van der Waals surface area contributed by atoms with Gasteiger partial charge in [-0.2, -0.15) is 0 Å². The van der Waals surface area contributed by atoms with Gasteiger partial charge < -0.3 is 5.11 Å². The fourth-order valence-electron chi connectivity index (χ4n) is 3.39. The Bertz CT molecular complexity index is 1020. The first kappa shape index (κ1) is 16.0. The zero-order chi connectivity index (χ0) is 17.6. The van der Waals surface area contributed by atoms with Crippen molar-refractivity contribution in [3.8, 4) is 11.4 Å². The summed E-state index contributed by atoms with van der Waals surface area (Å²) in [5.41, 5.74) is 1.44. The molecule has 1 atom stereocenters. The molecule has 6 nitrogen and oxygen atoms in total. The number of aromatic nitrogens is 3. The molecule has 0 radical (unpaired) electrons. The van der Waals surface area contributed by atoms with Crippen LogP contribution in [-0.4, -0.2) is 25.6 Å². The molecule has 1 aliphatic carbocycles. The number of nitrogens with zero attached hydrogens (tertiary/aromatic N) is 3. The number of carboxylic acids is 1. The summed E-state index contributed by atoms with van der Waals surface area (Å²) in [6.07, 6.45) is 7.24. The minimum Gasteiger partial charge on any atom is -0.480 e. The van der Waals surface area contributed by atoms with Crippen LogP contribution in [0.15, 0.2) is 29.3 Å². The number of pyridine rings is 1. The quantitative estimate of drug-likeness (QED) is 0.780. The third-order valence-electron chi connectivity index (χ3n) is 4.69. The topological polar surface area (TPSA) is 85.1 Å². The van der Waals surface area contributed by atoms with Gasteiger partial charge in [-0.25, -0.2) is 9.78 Å². The van der Waals surface area contributed by atoms with Crippen LogP contribution < -0.4 is 5.56 Å². The van der Waals surface area contributed by atoms with E-state index in [9.17, 15) is 14.7 Å². The van der Waals surface area contributed by atoms with Crippen molar-refractivity contribution in [2.75, 3.05) is 0 Å². The maximum atomic E-state index is 13.2. The zero-order valence-electron chi connectivity index (χ0n) is 13.7. The predicted octanol–water partition coefficient (Wildman–Crippen LogP) is 3.04. The highest BCUT2D eigenvalue weighted by molar-refractivity contribution is 7.18. The van der Waals surface area contributed by atoms with Gasteiger partial charge in [0.15, 0.2) is 0 Å². The molecular formula is C18H17N3O3S. The van der Waals surface area contributed by atoms with Crippen LogP contribution >= 0.6 is 11.3 Å². The third-order valence-corrected chi connectivity index (χ3v) is 5.87. The van der Waals surface area contributed by atoms with E-state index < -0.39 is 12.0 Å². The average Bonchev–Trinajstić information content (AvgIpc) is 3.00. The summed E-state index contributed by atoms with van der Waals surface area (Å²) < 4.78 is 1.29. The van der Waals surface area contributed by atoms with Gasteiger partial charge in [-0.3, -0.25) is 14.3 Å². The Morgan fingerprint density at radius 2 is 2.16 bits per heavy atom. The second-order valence-electron chi connectivity index (χ2n) is 6.26. The highest BCUT2D eigenvalue weighted by Crippen LogP contribution is 2.35. The van der Waals surface area contributed by atoms with Gasteiger partial charge in [0.25, 0.3) is 5.56 Å². The Morgan fingerprint density at radius 3 is 2.88 bits per heavy atom. The molecule has 7 heteroatoms. The van der Waals surface area contributed by atoms with E-state index in [2.05, 4.69) is 4.98 Å². The van der Waals surface area contributed by atoms with Crippen molar-refractivity contribution in [2.45, 2.75) is 38.6 Å². The molecule has 1 aliphatic rings. The molecule has 4 rings (SSSR count). The van der Waals surface area contributed by atoms with Crippen molar-refractivity contribution in [1.82, 2.24) is 14.5 Å². The summed E-state index contributed by atoms with van der Waals surface area (Å²) in [6.45, 7) is 1.51. The number of fused-ring (bicyclic) bond motifs is 3. The molecule has 128 valence electrons. The minimum atomic E-state index is -1.06. The van der Waals surface area contributed by atoms with Gasteiger partial charge in [-0.15, -0.1) is 11.3 Å². The number of carboxylic acid groups (broad SMARTS) is 1. The van der Waals surface area contributed by atoms with Gasteiger partial charge in [0.1, 0.15) is 16.7 Å². The molecular weight excluding hydrogens is 338 g/mol. The van der Waals surface area contributed by atoms with Crippen molar-refractivity contribution in [3.63, 3.8) is 0 Å². The number of hydrogen-bond donors (Lipinski definition) is 1. The smallest absolute Gasteiger partial charge is 0.326 e. The number of carbonyl (C=O) groups is 1. The van der Waals surface area contributed by atoms with E-state index in [4.69, 9.17) is 4.98 Å². The molecule has 3 heterocycles. The van der Waals surface area contributed by atoms with Gasteiger partial charge in [0.05, 0.1) is 5.39 Å². The molecule has 0 spiro atoms. The van der Waals surface area contributed by atoms with Crippen molar-refractivity contribution < 1.29 is 9.90 Å². The number of aliphatic carboxylic acids is 1. The second kappa shape index (κ2) is 6.07. The Kier molecular flexibility index (Phi) is 3.88. The van der Waals surface area contributed by atoms with Gasteiger partial charge in [0.2, 0.25) is 0 Å². The maximum Gasteiger partial charge on any atom is 0.326 e. The van der Waals surface area contributed by atoms with Crippen molar-refractivity contribution in [3.05, 3.63) is 45.3 Å². The largest absolute Gasteiger partial charge is 0.480 e. The normalized spacial score (nSPS) is 15.1. The first-order chi connectivity index (χ1) is 12.1. The van der Waals surface area contributed by atoms with E-state index in [0.717, 1.165) is 31.2 Å². The van der Waals surface area contributed by atoms with E-state index in [1.807, 2.05) is 0 Å². The monoisotopic (exact) mass is 355 g/mol. The minimum absolute atomic E-state index is 0.266.